The molecule has 0 bridgehead atoms. The van der Waals surface area contributed by atoms with Crippen molar-refractivity contribution < 1.29 is 24.9 Å². The SMILES string of the molecule is Cc1nc(CC2CCN(c3ccc(Cc4cncc(O)c4)cc3)CC2)nc(C(=O)NCC(=O)O)c1O. The van der Waals surface area contributed by atoms with Crippen LogP contribution in [0.1, 0.15) is 46.0 Å². The number of amides is 1. The van der Waals surface area contributed by atoms with Crippen LogP contribution in [0.4, 0.5) is 5.69 Å². The zero-order valence-electron chi connectivity index (χ0n) is 20.0. The topological polar surface area (TPSA) is 149 Å². The Morgan fingerprint density at radius 2 is 1.78 bits per heavy atom. The van der Waals surface area contributed by atoms with Crippen LogP contribution >= 0.6 is 0 Å². The van der Waals surface area contributed by atoms with Crippen LogP contribution in [0.15, 0.2) is 42.7 Å². The van der Waals surface area contributed by atoms with Crippen LogP contribution in [-0.2, 0) is 17.6 Å². The highest BCUT2D eigenvalue weighted by molar-refractivity contribution is 5.96. The number of aliphatic carboxylic acids is 1. The summed E-state index contributed by atoms with van der Waals surface area (Å²) in [5, 5.41) is 30.8. The van der Waals surface area contributed by atoms with Crippen molar-refractivity contribution in [2.45, 2.75) is 32.6 Å². The van der Waals surface area contributed by atoms with Crippen LogP contribution in [0.25, 0.3) is 0 Å². The molecule has 0 spiro atoms. The Kier molecular flexibility index (Phi) is 7.62. The smallest absolute Gasteiger partial charge is 0.322 e. The van der Waals surface area contributed by atoms with E-state index in [-0.39, 0.29) is 17.2 Å². The monoisotopic (exact) mass is 491 g/mol. The average molecular weight is 492 g/mol. The maximum Gasteiger partial charge on any atom is 0.322 e. The van der Waals surface area contributed by atoms with Gasteiger partial charge in [-0.15, -0.1) is 0 Å². The zero-order chi connectivity index (χ0) is 25.7. The molecule has 188 valence electrons. The first-order chi connectivity index (χ1) is 17.3. The summed E-state index contributed by atoms with van der Waals surface area (Å²) in [5.74, 6) is -1.28. The number of benzene rings is 1. The molecule has 36 heavy (non-hydrogen) atoms. The molecule has 0 aliphatic carbocycles. The Morgan fingerprint density at radius 1 is 1.06 bits per heavy atom. The molecule has 0 radical (unpaired) electrons. The lowest BCUT2D eigenvalue weighted by atomic mass is 9.92. The number of hydrogen-bond acceptors (Lipinski definition) is 8. The van der Waals surface area contributed by atoms with Gasteiger partial charge in [0.2, 0.25) is 0 Å². The minimum Gasteiger partial charge on any atom is -0.506 e. The summed E-state index contributed by atoms with van der Waals surface area (Å²) in [6.45, 7) is 2.80. The van der Waals surface area contributed by atoms with E-state index in [0.717, 1.165) is 42.7 Å². The Bertz CT molecular complexity index is 1240. The van der Waals surface area contributed by atoms with E-state index < -0.39 is 18.4 Å². The van der Waals surface area contributed by atoms with Gasteiger partial charge in [-0.05, 0) is 61.4 Å². The van der Waals surface area contributed by atoms with Gasteiger partial charge < -0.3 is 25.5 Å². The average Bonchev–Trinajstić information content (AvgIpc) is 2.85. The van der Waals surface area contributed by atoms with E-state index in [4.69, 9.17) is 5.11 Å². The van der Waals surface area contributed by atoms with E-state index in [9.17, 15) is 19.8 Å². The molecular formula is C26H29N5O5. The lowest BCUT2D eigenvalue weighted by Crippen LogP contribution is -2.34. The second kappa shape index (κ2) is 11.0. The molecule has 10 heteroatoms. The number of aromatic nitrogens is 3. The fourth-order valence-corrected chi connectivity index (χ4v) is 4.40. The van der Waals surface area contributed by atoms with Gasteiger partial charge in [0.05, 0.1) is 11.9 Å². The van der Waals surface area contributed by atoms with Crippen LogP contribution < -0.4 is 10.2 Å². The van der Waals surface area contributed by atoms with E-state index in [1.165, 1.54) is 6.20 Å². The maximum atomic E-state index is 12.3. The first-order valence-electron chi connectivity index (χ1n) is 11.8. The predicted molar refractivity (Wildman–Crippen MR) is 132 cm³/mol. The number of pyridine rings is 1. The first kappa shape index (κ1) is 24.9. The predicted octanol–water partition coefficient (Wildman–Crippen LogP) is 2.46. The highest BCUT2D eigenvalue weighted by Crippen LogP contribution is 2.27. The second-order valence-electron chi connectivity index (χ2n) is 9.03. The van der Waals surface area contributed by atoms with E-state index in [1.807, 2.05) is 0 Å². The Morgan fingerprint density at radius 3 is 2.44 bits per heavy atom. The molecule has 1 aliphatic rings. The molecule has 1 aliphatic heterocycles. The van der Waals surface area contributed by atoms with Gasteiger partial charge in [0, 0.05) is 31.4 Å². The number of carbonyl (C=O) groups excluding carboxylic acids is 1. The molecule has 3 aromatic rings. The first-order valence-corrected chi connectivity index (χ1v) is 11.8. The molecule has 10 nitrogen and oxygen atoms in total. The van der Waals surface area contributed by atoms with Gasteiger partial charge in [-0.2, -0.15) is 0 Å². The van der Waals surface area contributed by atoms with Crippen LogP contribution in [0.3, 0.4) is 0 Å². The number of carboxylic acids is 1. The largest absolute Gasteiger partial charge is 0.506 e. The van der Waals surface area contributed by atoms with E-state index in [0.29, 0.717) is 30.3 Å². The van der Waals surface area contributed by atoms with Crippen molar-refractivity contribution in [2.75, 3.05) is 24.5 Å². The summed E-state index contributed by atoms with van der Waals surface area (Å²) in [5.41, 5.74) is 3.35. The lowest BCUT2D eigenvalue weighted by Gasteiger charge is -2.33. The zero-order valence-corrected chi connectivity index (χ0v) is 20.0. The van der Waals surface area contributed by atoms with Crippen LogP contribution in [-0.4, -0.2) is 61.8 Å². The molecule has 1 fully saturated rings. The van der Waals surface area contributed by atoms with Gasteiger partial charge in [-0.25, -0.2) is 9.97 Å². The fourth-order valence-electron chi connectivity index (χ4n) is 4.40. The second-order valence-corrected chi connectivity index (χ2v) is 9.03. The van der Waals surface area contributed by atoms with Gasteiger partial charge in [0.1, 0.15) is 18.1 Å². The third kappa shape index (κ3) is 6.26. The maximum absolute atomic E-state index is 12.3. The van der Waals surface area contributed by atoms with Gasteiger partial charge in [0.15, 0.2) is 11.4 Å². The number of carbonyl (C=O) groups is 2. The van der Waals surface area contributed by atoms with Crippen molar-refractivity contribution in [1.29, 1.82) is 0 Å². The standard InChI is InChI=1S/C26H29N5O5/c1-16-25(35)24(26(36)28-15-23(33)34)30-22(29-16)12-18-6-8-31(9-7-18)20-4-2-17(3-5-20)10-19-11-21(32)14-27-13-19/h2-5,11,13-14,18,32,35H,6-10,12,15H2,1H3,(H,28,36)(H,33,34). The van der Waals surface area contributed by atoms with Crippen molar-refractivity contribution in [3.05, 3.63) is 71.1 Å². The highest BCUT2D eigenvalue weighted by atomic mass is 16.4. The molecule has 4 rings (SSSR count). The third-order valence-corrected chi connectivity index (χ3v) is 6.30. The molecule has 0 unspecified atom stereocenters. The molecule has 2 aromatic heterocycles. The number of aryl methyl sites for hydroxylation is 1. The number of carboxylic acid groups (broad SMARTS) is 1. The van der Waals surface area contributed by atoms with Gasteiger partial charge in [0.25, 0.3) is 5.91 Å². The molecule has 4 N–H and O–H groups in total. The van der Waals surface area contributed by atoms with Gasteiger partial charge >= 0.3 is 5.97 Å². The molecule has 3 heterocycles. The fraction of sp³-hybridized carbons (Fsp3) is 0.346. The highest BCUT2D eigenvalue weighted by Gasteiger charge is 2.23. The Balaban J connectivity index is 1.33. The molecule has 1 aromatic carbocycles. The van der Waals surface area contributed by atoms with Crippen molar-refractivity contribution in [3.8, 4) is 11.5 Å². The summed E-state index contributed by atoms with van der Waals surface area (Å²) < 4.78 is 0. The van der Waals surface area contributed by atoms with Crippen molar-refractivity contribution in [3.63, 3.8) is 0 Å². The lowest BCUT2D eigenvalue weighted by molar-refractivity contribution is -0.135. The van der Waals surface area contributed by atoms with E-state index in [2.05, 4.69) is 49.4 Å². The minimum absolute atomic E-state index is 0.164. The quantitative estimate of drug-likeness (QED) is 0.373. The van der Waals surface area contributed by atoms with Gasteiger partial charge in [-0.3, -0.25) is 14.6 Å². The summed E-state index contributed by atoms with van der Waals surface area (Å²) in [4.78, 5) is 37.9. The van der Waals surface area contributed by atoms with Crippen LogP contribution in [0, 0.1) is 12.8 Å². The number of nitrogens with one attached hydrogen (secondary N) is 1. The molecule has 0 saturated carbocycles. The third-order valence-electron chi connectivity index (χ3n) is 6.30. The van der Waals surface area contributed by atoms with Crippen LogP contribution in [0.5, 0.6) is 11.5 Å². The number of aromatic hydroxyl groups is 2. The molecule has 0 atom stereocenters. The van der Waals surface area contributed by atoms with E-state index in [1.54, 1.807) is 19.2 Å². The molecule has 1 amide bonds. The van der Waals surface area contributed by atoms with Crippen molar-refractivity contribution >= 4 is 17.6 Å². The van der Waals surface area contributed by atoms with Crippen LogP contribution in [0.2, 0.25) is 0 Å². The summed E-state index contributed by atoms with van der Waals surface area (Å²) in [6.07, 6.45) is 6.31. The number of nitrogens with zero attached hydrogens (tertiary/aromatic N) is 4. The molecular weight excluding hydrogens is 462 g/mol. The number of piperidine rings is 1. The Hall–Kier alpha value is -4.21. The Labute approximate surface area is 208 Å². The molecule has 1 saturated heterocycles. The normalized spacial score (nSPS) is 14.0. The summed E-state index contributed by atoms with van der Waals surface area (Å²) in [6, 6.07) is 10.1. The van der Waals surface area contributed by atoms with Gasteiger partial charge in [-0.1, -0.05) is 12.1 Å². The summed E-state index contributed by atoms with van der Waals surface area (Å²) >= 11 is 0. The summed E-state index contributed by atoms with van der Waals surface area (Å²) in [7, 11) is 0. The van der Waals surface area contributed by atoms with Crippen molar-refractivity contribution in [2.24, 2.45) is 5.92 Å². The van der Waals surface area contributed by atoms with Crippen molar-refractivity contribution in [1.82, 2.24) is 20.3 Å². The number of rotatable bonds is 8. The number of anilines is 1. The number of hydrogen-bond donors (Lipinski definition) is 4. The minimum atomic E-state index is -1.18. The van der Waals surface area contributed by atoms with E-state index >= 15 is 0 Å².